The second kappa shape index (κ2) is 12.9. The van der Waals surface area contributed by atoms with E-state index in [2.05, 4.69) is 25.3 Å². The lowest BCUT2D eigenvalue weighted by Crippen LogP contribution is -2.45. The highest BCUT2D eigenvalue weighted by Gasteiger charge is 2.35. The van der Waals surface area contributed by atoms with Crippen molar-refractivity contribution in [2.75, 3.05) is 17.2 Å². The molecule has 1 aliphatic carbocycles. The molecule has 0 amide bonds. The minimum atomic E-state index is -4.60. The van der Waals surface area contributed by atoms with E-state index in [4.69, 9.17) is 5.73 Å². The molecule has 8 nitrogen and oxygen atoms in total. The van der Waals surface area contributed by atoms with Gasteiger partial charge in [-0.05, 0) is 56.2 Å². The summed E-state index contributed by atoms with van der Waals surface area (Å²) in [6, 6.07) is 7.10. The molecule has 0 aliphatic heterocycles. The molecule has 1 aromatic carbocycles. The zero-order valence-electron chi connectivity index (χ0n) is 21.3. The SMILES string of the molecule is BC1(N[SH](=O)=O)CCCCCC(CNc2nc(Nc3ccc([C@@H](C)N)cc3)ncc2C(F)(F)F)CCC1. The van der Waals surface area contributed by atoms with Crippen LogP contribution in [0.5, 0.6) is 0 Å². The molecule has 37 heavy (non-hydrogen) atoms. The highest BCUT2D eigenvalue weighted by atomic mass is 32.2. The number of halogens is 3. The smallest absolute Gasteiger partial charge is 0.369 e. The predicted octanol–water partition coefficient (Wildman–Crippen LogP) is 3.87. The molecule has 0 saturated heterocycles. The summed E-state index contributed by atoms with van der Waals surface area (Å²) in [5.41, 5.74) is 6.04. The predicted molar refractivity (Wildman–Crippen MR) is 143 cm³/mol. The fraction of sp³-hybridized carbons (Fsp3) is 0.583. The Morgan fingerprint density at radius 3 is 2.46 bits per heavy atom. The second-order valence-electron chi connectivity index (χ2n) is 10.2. The molecule has 1 fully saturated rings. The van der Waals surface area contributed by atoms with Gasteiger partial charge in [0.15, 0.2) is 0 Å². The second-order valence-corrected chi connectivity index (χ2v) is 10.9. The normalized spacial score (nSPS) is 22.4. The summed E-state index contributed by atoms with van der Waals surface area (Å²) >= 11 is 0. The van der Waals surface area contributed by atoms with E-state index in [-0.39, 0.29) is 23.7 Å². The highest BCUT2D eigenvalue weighted by Crippen LogP contribution is 2.35. The quantitative estimate of drug-likeness (QED) is 0.255. The summed E-state index contributed by atoms with van der Waals surface area (Å²) < 4.78 is 66.3. The van der Waals surface area contributed by atoms with E-state index in [0.717, 1.165) is 56.7 Å². The molecule has 1 aromatic heterocycles. The number of hydrogen-bond acceptors (Lipinski definition) is 7. The van der Waals surface area contributed by atoms with Crippen LogP contribution in [0.2, 0.25) is 0 Å². The van der Waals surface area contributed by atoms with Crippen molar-refractivity contribution in [2.24, 2.45) is 11.7 Å². The van der Waals surface area contributed by atoms with Crippen LogP contribution >= 0.6 is 0 Å². The van der Waals surface area contributed by atoms with Crippen LogP contribution in [0.4, 0.5) is 30.6 Å². The lowest BCUT2D eigenvalue weighted by atomic mass is 9.70. The minimum absolute atomic E-state index is 0.0589. The number of thiol groups is 1. The first-order valence-corrected chi connectivity index (χ1v) is 13.9. The van der Waals surface area contributed by atoms with Gasteiger partial charge >= 0.3 is 6.18 Å². The largest absolute Gasteiger partial charge is 0.421 e. The summed E-state index contributed by atoms with van der Waals surface area (Å²) in [6.45, 7) is 2.20. The Hall–Kier alpha value is -2.38. The molecule has 204 valence electrons. The minimum Gasteiger partial charge on any atom is -0.369 e. The molecule has 13 heteroatoms. The Morgan fingerprint density at radius 1 is 1.14 bits per heavy atom. The van der Waals surface area contributed by atoms with Crippen molar-refractivity contribution in [1.82, 2.24) is 14.7 Å². The standard InChI is InChI=1S/C24H36BF3N6O2S/c1-16(29)18-8-10-19(11-9-18)32-22-31-15-20(24(26,27)28)21(33-22)30-14-17-6-3-2-4-12-23(25,13-5-7-17)34-37(35)36/h8-11,15-17,37H,2-7,12-14,25,29H2,1H3,(H,34,35,36)(H2,30,31,32,33)/t16-,17?,23?/m1/s1. The molecule has 2 unspecified atom stereocenters. The van der Waals surface area contributed by atoms with Crippen LogP contribution in [0.1, 0.15) is 75.5 Å². The number of anilines is 3. The Balaban J connectivity index is 1.70. The van der Waals surface area contributed by atoms with Gasteiger partial charge < -0.3 is 16.4 Å². The molecule has 0 spiro atoms. The third-order valence-electron chi connectivity index (χ3n) is 6.89. The first-order valence-electron chi connectivity index (χ1n) is 12.7. The van der Waals surface area contributed by atoms with Crippen molar-refractivity contribution >= 4 is 36.2 Å². The van der Waals surface area contributed by atoms with Gasteiger partial charge in [-0.25, -0.2) is 18.1 Å². The van der Waals surface area contributed by atoms with Crippen molar-refractivity contribution < 1.29 is 21.6 Å². The van der Waals surface area contributed by atoms with E-state index < -0.39 is 28.1 Å². The molecule has 3 rings (SSSR count). The van der Waals surface area contributed by atoms with Crippen LogP contribution in [-0.2, 0) is 17.1 Å². The van der Waals surface area contributed by atoms with Gasteiger partial charge in [0.2, 0.25) is 16.8 Å². The summed E-state index contributed by atoms with van der Waals surface area (Å²) in [5.74, 6) is -0.0608. The molecule has 0 radical (unpaired) electrons. The fourth-order valence-corrected chi connectivity index (χ4v) is 5.40. The number of aromatic nitrogens is 2. The number of benzene rings is 1. The number of hydrogen-bond donors (Lipinski definition) is 5. The van der Waals surface area contributed by atoms with Crippen LogP contribution in [0, 0.1) is 5.92 Å². The van der Waals surface area contributed by atoms with Crippen molar-refractivity contribution in [2.45, 2.75) is 75.9 Å². The Morgan fingerprint density at radius 2 is 1.81 bits per heavy atom. The molecule has 3 atom stereocenters. The van der Waals surface area contributed by atoms with Crippen molar-refractivity contribution in [3.05, 3.63) is 41.6 Å². The van der Waals surface area contributed by atoms with Gasteiger partial charge in [-0.15, -0.1) is 0 Å². The Kier molecular flexibility index (Phi) is 10.2. The molecule has 1 saturated carbocycles. The topological polar surface area (TPSA) is 122 Å². The first-order chi connectivity index (χ1) is 17.4. The number of nitrogens with one attached hydrogen (secondary N) is 3. The van der Waals surface area contributed by atoms with Crippen molar-refractivity contribution in [3.63, 3.8) is 0 Å². The molecular formula is C24H36BF3N6O2S. The molecule has 5 N–H and O–H groups in total. The van der Waals surface area contributed by atoms with E-state index in [1.807, 2.05) is 26.9 Å². The van der Waals surface area contributed by atoms with Gasteiger partial charge in [-0.2, -0.15) is 18.2 Å². The van der Waals surface area contributed by atoms with Gasteiger partial charge in [0.05, 0.1) is 0 Å². The zero-order valence-corrected chi connectivity index (χ0v) is 22.2. The number of nitrogens with two attached hydrogens (primary N) is 1. The number of rotatable bonds is 8. The monoisotopic (exact) mass is 540 g/mol. The maximum absolute atomic E-state index is 13.7. The average Bonchev–Trinajstić information content (AvgIpc) is 2.81. The highest BCUT2D eigenvalue weighted by molar-refractivity contribution is 7.70. The van der Waals surface area contributed by atoms with Gasteiger partial charge in [0.25, 0.3) is 0 Å². The number of nitrogens with zero attached hydrogens (tertiary/aromatic N) is 2. The van der Waals surface area contributed by atoms with Crippen LogP contribution in [0.25, 0.3) is 0 Å². The van der Waals surface area contributed by atoms with E-state index in [1.165, 1.54) is 0 Å². The molecule has 1 heterocycles. The van der Waals surface area contributed by atoms with Gasteiger partial charge in [0.1, 0.15) is 19.2 Å². The van der Waals surface area contributed by atoms with Crippen LogP contribution in [0.3, 0.4) is 0 Å². The summed E-state index contributed by atoms with van der Waals surface area (Å²) in [6.07, 6.45) is 2.88. The Labute approximate surface area is 218 Å². The van der Waals surface area contributed by atoms with Gasteiger partial charge in [-0.3, -0.25) is 0 Å². The molecular weight excluding hydrogens is 504 g/mol. The van der Waals surface area contributed by atoms with Crippen molar-refractivity contribution in [1.29, 1.82) is 0 Å². The lowest BCUT2D eigenvalue weighted by molar-refractivity contribution is -0.137. The Bertz CT molecular complexity index is 1090. The van der Waals surface area contributed by atoms with Gasteiger partial charge in [0, 0.05) is 29.9 Å². The van der Waals surface area contributed by atoms with E-state index in [9.17, 15) is 21.6 Å². The fourth-order valence-electron chi connectivity index (χ4n) is 4.74. The van der Waals surface area contributed by atoms with Crippen molar-refractivity contribution in [3.8, 4) is 0 Å². The van der Waals surface area contributed by atoms with E-state index in [0.29, 0.717) is 18.7 Å². The molecule has 1 aliphatic rings. The molecule has 0 bridgehead atoms. The van der Waals surface area contributed by atoms with Crippen LogP contribution in [-0.4, -0.2) is 38.2 Å². The first kappa shape index (κ1) is 29.2. The summed E-state index contributed by atoms with van der Waals surface area (Å²) in [4.78, 5) is 8.03. The van der Waals surface area contributed by atoms with Gasteiger partial charge in [-0.1, -0.05) is 37.8 Å². The molecule has 2 aromatic rings. The third kappa shape index (κ3) is 9.15. The summed E-state index contributed by atoms with van der Waals surface area (Å²) in [5, 5.41) is 5.90. The maximum atomic E-state index is 13.7. The third-order valence-corrected chi connectivity index (χ3v) is 7.61. The zero-order chi connectivity index (χ0) is 27.1. The van der Waals surface area contributed by atoms with E-state index in [1.54, 1.807) is 12.1 Å². The van der Waals surface area contributed by atoms with E-state index >= 15 is 0 Å². The number of alkyl halides is 3. The summed E-state index contributed by atoms with van der Waals surface area (Å²) in [7, 11) is -0.773. The van der Waals surface area contributed by atoms with Crippen LogP contribution < -0.4 is 21.1 Å². The van der Waals surface area contributed by atoms with Crippen LogP contribution in [0.15, 0.2) is 30.5 Å². The average molecular weight is 540 g/mol. The lowest BCUT2D eigenvalue weighted by Gasteiger charge is -2.31. The maximum Gasteiger partial charge on any atom is 0.421 e.